The number of nitrogens with zero attached hydrogens (tertiary/aromatic N) is 3. The van der Waals surface area contributed by atoms with Crippen LogP contribution in [0, 0.1) is 0 Å². The van der Waals surface area contributed by atoms with Gasteiger partial charge in [-0.05, 0) is 15.9 Å². The van der Waals surface area contributed by atoms with Gasteiger partial charge in [0.1, 0.15) is 5.82 Å². The molecular weight excluding hydrogens is 248 g/mol. The van der Waals surface area contributed by atoms with Gasteiger partial charge in [-0.25, -0.2) is 4.98 Å². The first-order valence-electron chi connectivity index (χ1n) is 4.04. The van der Waals surface area contributed by atoms with Gasteiger partial charge in [-0.1, -0.05) is 0 Å². The molecule has 0 radical (unpaired) electrons. The molecule has 0 spiro atoms. The van der Waals surface area contributed by atoms with Gasteiger partial charge in [0.25, 0.3) is 0 Å². The van der Waals surface area contributed by atoms with Crippen molar-refractivity contribution in [3.63, 3.8) is 0 Å². The number of hydrogen-bond acceptors (Lipinski definition) is 5. The van der Waals surface area contributed by atoms with Crippen molar-refractivity contribution in [2.45, 2.75) is 6.61 Å². The molecule has 0 amide bonds. The van der Waals surface area contributed by atoms with E-state index in [-0.39, 0.29) is 0 Å². The second-order valence-electron chi connectivity index (χ2n) is 3.00. The van der Waals surface area contributed by atoms with E-state index in [1.54, 1.807) is 12.0 Å². The van der Waals surface area contributed by atoms with Crippen LogP contribution in [0.1, 0.15) is 5.69 Å². The van der Waals surface area contributed by atoms with E-state index in [2.05, 4.69) is 25.9 Å². The number of methoxy groups -OCH3 is 1. The van der Waals surface area contributed by atoms with Crippen LogP contribution in [0.3, 0.4) is 0 Å². The molecule has 0 saturated heterocycles. The predicted molar refractivity (Wildman–Crippen MR) is 59.2 cm³/mol. The average molecular weight is 261 g/mol. The molecule has 0 bridgehead atoms. The summed E-state index contributed by atoms with van der Waals surface area (Å²) >= 11 is 3.32. The molecule has 0 unspecified atom stereocenters. The molecule has 1 rings (SSSR count). The Morgan fingerprint density at radius 2 is 2.07 bits per heavy atom. The SMILES string of the molecule is COCc1nc(N(C)C)nc(N)c1Br. The number of rotatable bonds is 3. The number of nitrogens with two attached hydrogens (primary N) is 1. The van der Waals surface area contributed by atoms with Crippen LogP contribution < -0.4 is 10.6 Å². The summed E-state index contributed by atoms with van der Waals surface area (Å²) in [7, 11) is 5.33. The van der Waals surface area contributed by atoms with Crippen LogP contribution in [0.15, 0.2) is 4.47 Å². The monoisotopic (exact) mass is 260 g/mol. The molecule has 78 valence electrons. The van der Waals surface area contributed by atoms with Gasteiger partial charge in [-0.3, -0.25) is 0 Å². The quantitative estimate of drug-likeness (QED) is 0.880. The van der Waals surface area contributed by atoms with Crippen molar-refractivity contribution in [1.29, 1.82) is 0 Å². The van der Waals surface area contributed by atoms with Gasteiger partial charge < -0.3 is 15.4 Å². The summed E-state index contributed by atoms with van der Waals surface area (Å²) in [5.41, 5.74) is 6.46. The number of ether oxygens (including phenoxy) is 1. The molecule has 0 atom stereocenters. The van der Waals surface area contributed by atoms with Crippen LogP contribution in [0.25, 0.3) is 0 Å². The fraction of sp³-hybridized carbons (Fsp3) is 0.500. The normalized spacial score (nSPS) is 10.3. The lowest BCUT2D eigenvalue weighted by molar-refractivity contribution is 0.181. The molecule has 0 aliphatic rings. The van der Waals surface area contributed by atoms with Crippen LogP contribution >= 0.6 is 15.9 Å². The third kappa shape index (κ3) is 2.33. The molecule has 0 aliphatic carbocycles. The standard InChI is InChI=1S/C8H13BrN4O/c1-13(2)8-11-5(4-14-3)6(9)7(10)12-8/h4H2,1-3H3,(H2,10,11,12). The van der Waals surface area contributed by atoms with Crippen molar-refractivity contribution in [3.05, 3.63) is 10.2 Å². The highest BCUT2D eigenvalue weighted by Crippen LogP contribution is 2.23. The minimum atomic E-state index is 0.411. The molecule has 5 nitrogen and oxygen atoms in total. The maximum absolute atomic E-state index is 5.71. The Morgan fingerprint density at radius 3 is 2.57 bits per heavy atom. The minimum absolute atomic E-state index is 0.411. The molecule has 1 aromatic rings. The topological polar surface area (TPSA) is 64.3 Å². The highest BCUT2D eigenvalue weighted by Gasteiger charge is 2.10. The van der Waals surface area contributed by atoms with Crippen molar-refractivity contribution in [3.8, 4) is 0 Å². The van der Waals surface area contributed by atoms with Crippen LogP contribution in [-0.2, 0) is 11.3 Å². The van der Waals surface area contributed by atoms with E-state index >= 15 is 0 Å². The van der Waals surface area contributed by atoms with Crippen molar-refractivity contribution >= 4 is 27.7 Å². The average Bonchev–Trinajstić information content (AvgIpc) is 2.12. The Bertz CT molecular complexity index is 329. The molecule has 6 heteroatoms. The summed E-state index contributed by atoms with van der Waals surface area (Å²) in [6.45, 7) is 0.411. The van der Waals surface area contributed by atoms with Crippen molar-refractivity contribution in [2.75, 3.05) is 31.8 Å². The Labute approximate surface area is 91.4 Å². The summed E-state index contributed by atoms with van der Waals surface area (Å²) in [6.07, 6.45) is 0. The first-order valence-corrected chi connectivity index (χ1v) is 4.83. The van der Waals surface area contributed by atoms with Gasteiger partial charge in [0.2, 0.25) is 5.95 Å². The van der Waals surface area contributed by atoms with E-state index in [1.807, 2.05) is 14.1 Å². The van der Waals surface area contributed by atoms with E-state index in [0.717, 1.165) is 5.69 Å². The molecule has 1 heterocycles. The highest BCUT2D eigenvalue weighted by atomic mass is 79.9. The lowest BCUT2D eigenvalue weighted by Gasteiger charge is -2.13. The molecule has 14 heavy (non-hydrogen) atoms. The minimum Gasteiger partial charge on any atom is -0.383 e. The van der Waals surface area contributed by atoms with Crippen LogP contribution in [0.2, 0.25) is 0 Å². The summed E-state index contributed by atoms with van der Waals surface area (Å²) in [5.74, 6) is 1.01. The molecule has 0 aromatic carbocycles. The molecule has 0 aliphatic heterocycles. The third-order valence-electron chi connectivity index (χ3n) is 1.61. The predicted octanol–water partition coefficient (Wildman–Crippen LogP) is 1.03. The molecular formula is C8H13BrN4O. The van der Waals surface area contributed by atoms with Gasteiger partial charge >= 0.3 is 0 Å². The summed E-state index contributed by atoms with van der Waals surface area (Å²) in [6, 6.07) is 0. The van der Waals surface area contributed by atoms with Gasteiger partial charge in [-0.2, -0.15) is 4.98 Å². The maximum Gasteiger partial charge on any atom is 0.227 e. The van der Waals surface area contributed by atoms with Crippen molar-refractivity contribution in [2.24, 2.45) is 0 Å². The summed E-state index contributed by atoms with van der Waals surface area (Å²) in [4.78, 5) is 10.2. The Kier molecular flexibility index (Phi) is 3.65. The third-order valence-corrected chi connectivity index (χ3v) is 2.48. The number of anilines is 2. The van der Waals surface area contributed by atoms with Gasteiger partial charge in [-0.15, -0.1) is 0 Å². The molecule has 0 saturated carbocycles. The smallest absolute Gasteiger partial charge is 0.227 e. The van der Waals surface area contributed by atoms with E-state index in [4.69, 9.17) is 10.5 Å². The molecule has 2 N–H and O–H groups in total. The second kappa shape index (κ2) is 4.56. The number of halogens is 1. The first kappa shape index (κ1) is 11.2. The van der Waals surface area contributed by atoms with Crippen LogP contribution in [0.5, 0.6) is 0 Å². The fourth-order valence-corrected chi connectivity index (χ4v) is 1.22. The highest BCUT2D eigenvalue weighted by molar-refractivity contribution is 9.10. The van der Waals surface area contributed by atoms with Crippen molar-refractivity contribution < 1.29 is 4.74 Å². The summed E-state index contributed by atoms with van der Waals surface area (Å²) in [5, 5.41) is 0. The second-order valence-corrected chi connectivity index (χ2v) is 3.79. The Morgan fingerprint density at radius 1 is 1.43 bits per heavy atom. The summed E-state index contributed by atoms with van der Waals surface area (Å²) < 4.78 is 5.70. The van der Waals surface area contributed by atoms with Gasteiger partial charge in [0.05, 0.1) is 16.8 Å². The zero-order chi connectivity index (χ0) is 10.7. The zero-order valence-electron chi connectivity index (χ0n) is 8.41. The van der Waals surface area contributed by atoms with E-state index in [1.165, 1.54) is 0 Å². The van der Waals surface area contributed by atoms with E-state index in [0.29, 0.717) is 22.8 Å². The maximum atomic E-state index is 5.71. The number of hydrogen-bond donors (Lipinski definition) is 1. The van der Waals surface area contributed by atoms with Gasteiger partial charge in [0, 0.05) is 21.2 Å². The Balaban J connectivity index is 3.14. The lowest BCUT2D eigenvalue weighted by atomic mass is 10.4. The Hall–Kier alpha value is -0.880. The number of nitrogen functional groups attached to an aromatic ring is 1. The van der Waals surface area contributed by atoms with E-state index < -0.39 is 0 Å². The van der Waals surface area contributed by atoms with Crippen LogP contribution in [0.4, 0.5) is 11.8 Å². The van der Waals surface area contributed by atoms with E-state index in [9.17, 15) is 0 Å². The van der Waals surface area contributed by atoms with Gasteiger partial charge in [0.15, 0.2) is 0 Å². The van der Waals surface area contributed by atoms with Crippen LogP contribution in [-0.4, -0.2) is 31.2 Å². The molecule has 1 aromatic heterocycles. The lowest BCUT2D eigenvalue weighted by Crippen LogP contribution is -2.15. The number of aromatic nitrogens is 2. The zero-order valence-corrected chi connectivity index (χ0v) is 10.00. The largest absolute Gasteiger partial charge is 0.383 e. The fourth-order valence-electron chi connectivity index (χ4n) is 0.932. The van der Waals surface area contributed by atoms with Crippen molar-refractivity contribution in [1.82, 2.24) is 9.97 Å². The molecule has 0 fully saturated rings. The first-order chi connectivity index (χ1) is 6.56.